The Morgan fingerprint density at radius 1 is 0.789 bits per heavy atom. The van der Waals surface area contributed by atoms with Gasteiger partial charge in [-0.05, 0) is 49.6 Å². The van der Waals surface area contributed by atoms with Gasteiger partial charge < -0.3 is 18.6 Å². The molecule has 186 valence electrons. The summed E-state index contributed by atoms with van der Waals surface area (Å²) in [6.45, 7) is 0. The van der Waals surface area contributed by atoms with Crippen LogP contribution in [0.2, 0.25) is 0 Å². The quantitative estimate of drug-likeness (QED) is 0.310. The number of allylic oxidation sites excluding steroid dienone is 4. The van der Waals surface area contributed by atoms with Crippen molar-refractivity contribution in [2.75, 3.05) is 7.05 Å². The van der Waals surface area contributed by atoms with Crippen LogP contribution in [0.15, 0.2) is 90.2 Å². The van der Waals surface area contributed by atoms with Gasteiger partial charge in [-0.3, -0.25) is 0 Å². The molecule has 6 aromatic rings. The van der Waals surface area contributed by atoms with Gasteiger partial charge in [0.1, 0.15) is 5.35 Å². The summed E-state index contributed by atoms with van der Waals surface area (Å²) in [5.74, 6) is 0. The minimum atomic E-state index is -0.224. The molecular formula is C32H28N6. The van der Waals surface area contributed by atoms with Crippen LogP contribution in [0.3, 0.4) is 0 Å². The highest BCUT2D eigenvalue weighted by atomic mass is 15.4. The van der Waals surface area contributed by atoms with E-state index in [4.69, 9.17) is 4.99 Å². The van der Waals surface area contributed by atoms with E-state index in [1.165, 1.54) is 55.7 Å². The van der Waals surface area contributed by atoms with Crippen molar-refractivity contribution < 1.29 is 0 Å². The third-order valence-corrected chi connectivity index (χ3v) is 8.10. The number of hydrogen-bond acceptors (Lipinski definition) is 3. The van der Waals surface area contributed by atoms with E-state index >= 15 is 0 Å². The molecule has 1 aliphatic carbocycles. The molecule has 0 N–H and O–H groups in total. The zero-order valence-corrected chi connectivity index (χ0v) is 21.5. The van der Waals surface area contributed by atoms with Crippen LogP contribution >= 0.6 is 0 Å². The second kappa shape index (κ2) is 7.96. The van der Waals surface area contributed by atoms with Crippen molar-refractivity contribution in [3.05, 3.63) is 96.1 Å². The Bertz CT molecular complexity index is 2100. The summed E-state index contributed by atoms with van der Waals surface area (Å²) in [7, 11) is 4.11. The predicted octanol–water partition coefficient (Wildman–Crippen LogP) is 5.68. The second-order valence-electron chi connectivity index (χ2n) is 10.4. The Morgan fingerprint density at radius 3 is 2.39 bits per heavy atom. The Balaban J connectivity index is 1.49. The van der Waals surface area contributed by atoms with Gasteiger partial charge in [-0.2, -0.15) is 0 Å². The third kappa shape index (κ3) is 2.94. The second-order valence-corrected chi connectivity index (χ2v) is 10.4. The molecule has 1 atom stereocenters. The van der Waals surface area contributed by atoms with Gasteiger partial charge in [0.05, 0.1) is 28.4 Å². The van der Waals surface area contributed by atoms with E-state index < -0.39 is 0 Å². The fourth-order valence-corrected chi connectivity index (χ4v) is 6.29. The van der Waals surface area contributed by atoms with E-state index in [9.17, 15) is 0 Å². The summed E-state index contributed by atoms with van der Waals surface area (Å²) in [5, 5.41) is 6.04. The first-order valence-corrected chi connectivity index (χ1v) is 13.3. The molecule has 0 bridgehead atoms. The number of imidazole rings is 1. The molecule has 6 heteroatoms. The van der Waals surface area contributed by atoms with E-state index in [-0.39, 0.29) is 6.29 Å². The van der Waals surface area contributed by atoms with Crippen molar-refractivity contribution in [2.45, 2.75) is 25.6 Å². The molecule has 4 heterocycles. The first-order chi connectivity index (χ1) is 18.7. The first kappa shape index (κ1) is 21.5. The summed E-state index contributed by atoms with van der Waals surface area (Å²) in [6, 6.07) is 22.2. The monoisotopic (exact) mass is 496 g/mol. The van der Waals surface area contributed by atoms with Crippen LogP contribution in [0.4, 0.5) is 0 Å². The smallest absolute Gasteiger partial charge is 0.205 e. The molecule has 3 aromatic heterocycles. The highest BCUT2D eigenvalue weighted by Gasteiger charge is 2.24. The van der Waals surface area contributed by atoms with Crippen molar-refractivity contribution in [1.82, 2.24) is 23.6 Å². The first-order valence-electron chi connectivity index (χ1n) is 13.3. The van der Waals surface area contributed by atoms with E-state index in [1.54, 1.807) is 0 Å². The van der Waals surface area contributed by atoms with Crippen molar-refractivity contribution in [1.29, 1.82) is 0 Å². The Kier molecular flexibility index (Phi) is 4.50. The number of rotatable bonds is 2. The molecule has 0 saturated heterocycles. The maximum Gasteiger partial charge on any atom is 0.205 e. The molecule has 1 aliphatic heterocycles. The lowest BCUT2D eigenvalue weighted by Gasteiger charge is -2.27. The van der Waals surface area contributed by atoms with Crippen LogP contribution in [0.25, 0.3) is 55.5 Å². The molecule has 0 saturated carbocycles. The average Bonchev–Trinajstić information content (AvgIpc) is 3.47. The Labute approximate surface area is 219 Å². The zero-order valence-electron chi connectivity index (χ0n) is 21.5. The van der Waals surface area contributed by atoms with Crippen LogP contribution in [0, 0.1) is 0 Å². The number of nitrogens with zero attached hydrogens (tertiary/aromatic N) is 6. The Hall–Kier alpha value is -4.58. The number of hydrogen-bond donors (Lipinski definition) is 0. The summed E-state index contributed by atoms with van der Waals surface area (Å²) in [4.78, 5) is 11.9. The van der Waals surface area contributed by atoms with Gasteiger partial charge in [-0.1, -0.05) is 48.6 Å². The van der Waals surface area contributed by atoms with Gasteiger partial charge in [0, 0.05) is 47.5 Å². The van der Waals surface area contributed by atoms with Crippen molar-refractivity contribution >= 4 is 55.5 Å². The molecule has 6 nitrogen and oxygen atoms in total. The lowest BCUT2D eigenvalue weighted by molar-refractivity contribution is 0.280. The molecule has 8 rings (SSSR count). The standard InChI is InChI=1S/C32H28N6/c1-35-19-30-31(33-20-36(30)2)34-32(35)38-27-16-10-8-14-23(27)25-17-28-24(18-29(25)38)22-13-7-9-15-26(22)37(28)21-11-5-3-4-6-12-21/h5,7-20,32H,3-4,6H2,1-2H3. The molecule has 1 unspecified atom stereocenters. The van der Waals surface area contributed by atoms with Gasteiger partial charge in [-0.15, -0.1) is 0 Å². The van der Waals surface area contributed by atoms with Gasteiger partial charge in [-0.25, -0.2) is 9.98 Å². The van der Waals surface area contributed by atoms with E-state index in [0.29, 0.717) is 0 Å². The number of benzene rings is 3. The van der Waals surface area contributed by atoms with Crippen LogP contribution in [0.1, 0.15) is 25.6 Å². The van der Waals surface area contributed by atoms with Gasteiger partial charge in [0.25, 0.3) is 0 Å². The minimum Gasteiger partial charge on any atom is -0.340 e. The summed E-state index contributed by atoms with van der Waals surface area (Å²) in [6.07, 6.45) is 14.2. The number of fused-ring (bicyclic) bond motifs is 7. The predicted molar refractivity (Wildman–Crippen MR) is 155 cm³/mol. The molecule has 3 aromatic carbocycles. The number of aryl methyl sites for hydroxylation is 1. The lowest BCUT2D eigenvalue weighted by Crippen LogP contribution is -2.40. The van der Waals surface area contributed by atoms with Crippen molar-refractivity contribution in [2.24, 2.45) is 12.0 Å². The maximum atomic E-state index is 5.12. The largest absolute Gasteiger partial charge is 0.340 e. The van der Waals surface area contributed by atoms with Gasteiger partial charge >= 0.3 is 0 Å². The number of aromatic nitrogens is 4. The molecular weight excluding hydrogens is 468 g/mol. The molecule has 0 spiro atoms. The highest BCUT2D eigenvalue weighted by molar-refractivity contribution is 6.19. The molecule has 38 heavy (non-hydrogen) atoms. The Morgan fingerprint density at radius 2 is 1.53 bits per heavy atom. The van der Waals surface area contributed by atoms with Crippen LogP contribution in [-0.4, -0.2) is 30.6 Å². The molecule has 0 fully saturated rings. The topological polar surface area (TPSA) is 43.3 Å². The van der Waals surface area contributed by atoms with Crippen molar-refractivity contribution in [3.63, 3.8) is 0 Å². The van der Waals surface area contributed by atoms with Crippen LogP contribution < -0.4 is 10.8 Å². The highest BCUT2D eigenvalue weighted by Crippen LogP contribution is 2.40. The van der Waals surface area contributed by atoms with E-state index in [0.717, 1.165) is 23.7 Å². The zero-order chi connectivity index (χ0) is 25.4. The number of para-hydroxylation sites is 2. The van der Waals surface area contributed by atoms with E-state index in [1.807, 2.05) is 17.9 Å². The van der Waals surface area contributed by atoms with Gasteiger partial charge in [0.15, 0.2) is 5.49 Å². The van der Waals surface area contributed by atoms with Crippen LogP contribution in [0.5, 0.6) is 0 Å². The summed E-state index contributed by atoms with van der Waals surface area (Å²) >= 11 is 0. The average molecular weight is 497 g/mol. The summed E-state index contributed by atoms with van der Waals surface area (Å²) in [5.41, 5.74) is 6.89. The molecule has 0 amide bonds. The third-order valence-electron chi connectivity index (χ3n) is 8.10. The van der Waals surface area contributed by atoms with Crippen LogP contribution in [-0.2, 0) is 7.05 Å². The minimum absolute atomic E-state index is 0.224. The lowest BCUT2D eigenvalue weighted by atomic mass is 10.1. The molecule has 2 aliphatic rings. The fraction of sp³-hybridized carbons (Fsp3) is 0.188. The molecule has 0 radical (unpaired) electrons. The summed E-state index contributed by atoms with van der Waals surface area (Å²) < 4.78 is 6.84. The van der Waals surface area contributed by atoms with Gasteiger partial charge in [0.2, 0.25) is 6.29 Å². The fourth-order valence-electron chi connectivity index (χ4n) is 6.29. The normalized spacial score (nSPS) is 17.6. The van der Waals surface area contributed by atoms with Crippen molar-refractivity contribution in [3.8, 4) is 0 Å². The van der Waals surface area contributed by atoms with E-state index in [2.05, 4.69) is 111 Å². The maximum absolute atomic E-state index is 5.12. The SMILES string of the molecule is CN1C=c2c(ncn2C)=NC1n1c2ccccc2c2cc3c(cc21)c1ccccc1n3C1=CCCCC=C1.